The van der Waals surface area contributed by atoms with Gasteiger partial charge in [-0.3, -0.25) is 24.2 Å². The zero-order chi connectivity index (χ0) is 20.0. The number of rotatable bonds is 4. The van der Waals surface area contributed by atoms with Gasteiger partial charge >= 0.3 is 0 Å². The van der Waals surface area contributed by atoms with E-state index < -0.39 is 0 Å². The molecule has 146 valence electrons. The second kappa shape index (κ2) is 6.82. The molecule has 2 N–H and O–H groups in total. The molecule has 3 aromatic rings. The molecule has 4 rings (SSSR count). The van der Waals surface area contributed by atoms with E-state index in [2.05, 4.69) is 22.2 Å². The average molecular weight is 380 g/mol. The molecular weight excluding hydrogens is 356 g/mol. The second-order valence-electron chi connectivity index (χ2n) is 7.54. The zero-order valence-corrected chi connectivity index (χ0v) is 16.3. The molecular formula is C21H24N4O3. The number of pyridine rings is 1. The van der Waals surface area contributed by atoms with Crippen LogP contribution in [0.3, 0.4) is 0 Å². The third-order valence-corrected chi connectivity index (χ3v) is 5.95. The number of benzene rings is 1. The van der Waals surface area contributed by atoms with Crippen molar-refractivity contribution in [2.24, 2.45) is 7.05 Å². The van der Waals surface area contributed by atoms with Gasteiger partial charge in [0.25, 0.3) is 11.1 Å². The summed E-state index contributed by atoms with van der Waals surface area (Å²) in [6.07, 6.45) is 2.44. The SMILES string of the molecule is Cc1c(CCC(=O)N(C)C2CCc3ccccc32)c(=O)[nH]c2c1c(=O)[nH]n2C. The first-order valence-corrected chi connectivity index (χ1v) is 9.52. The fourth-order valence-electron chi connectivity index (χ4n) is 4.36. The highest BCUT2D eigenvalue weighted by Gasteiger charge is 2.28. The van der Waals surface area contributed by atoms with Crippen LogP contribution in [0.1, 0.15) is 41.1 Å². The molecule has 0 saturated heterocycles. The first-order chi connectivity index (χ1) is 13.4. The molecule has 0 spiro atoms. The summed E-state index contributed by atoms with van der Waals surface area (Å²) in [4.78, 5) is 42.0. The minimum Gasteiger partial charge on any atom is -0.339 e. The molecule has 0 fully saturated rings. The van der Waals surface area contributed by atoms with Crippen LogP contribution in [0.2, 0.25) is 0 Å². The van der Waals surface area contributed by atoms with E-state index in [1.807, 2.05) is 19.2 Å². The fourth-order valence-corrected chi connectivity index (χ4v) is 4.36. The van der Waals surface area contributed by atoms with Gasteiger partial charge in [-0.25, -0.2) is 0 Å². The lowest BCUT2D eigenvalue weighted by molar-refractivity contribution is -0.132. The molecule has 1 aliphatic rings. The van der Waals surface area contributed by atoms with E-state index in [9.17, 15) is 14.4 Å². The number of nitrogens with one attached hydrogen (secondary N) is 2. The normalized spacial score (nSPS) is 15.8. The summed E-state index contributed by atoms with van der Waals surface area (Å²) < 4.78 is 1.51. The molecule has 1 atom stereocenters. The van der Waals surface area contributed by atoms with E-state index in [4.69, 9.17) is 0 Å². The van der Waals surface area contributed by atoms with Crippen LogP contribution in [-0.2, 0) is 24.7 Å². The monoisotopic (exact) mass is 380 g/mol. The number of aromatic nitrogens is 3. The van der Waals surface area contributed by atoms with Gasteiger partial charge < -0.3 is 9.88 Å². The molecule has 1 aliphatic carbocycles. The highest BCUT2D eigenvalue weighted by atomic mass is 16.2. The third-order valence-electron chi connectivity index (χ3n) is 5.95. The van der Waals surface area contributed by atoms with Gasteiger partial charge in [0.05, 0.1) is 11.4 Å². The van der Waals surface area contributed by atoms with Crippen molar-refractivity contribution in [3.63, 3.8) is 0 Å². The van der Waals surface area contributed by atoms with Gasteiger partial charge in [0.2, 0.25) is 5.91 Å². The van der Waals surface area contributed by atoms with Crippen LogP contribution in [0, 0.1) is 6.92 Å². The Bertz CT molecular complexity index is 1180. The van der Waals surface area contributed by atoms with Crippen molar-refractivity contribution in [3.8, 4) is 0 Å². The van der Waals surface area contributed by atoms with Crippen molar-refractivity contribution >= 4 is 16.9 Å². The third kappa shape index (κ3) is 2.87. The predicted octanol–water partition coefficient (Wildman–Crippen LogP) is 1.94. The summed E-state index contributed by atoms with van der Waals surface area (Å²) in [5.74, 6) is 0.00238. The van der Waals surface area contributed by atoms with E-state index in [1.54, 1.807) is 18.9 Å². The van der Waals surface area contributed by atoms with Crippen LogP contribution in [0.5, 0.6) is 0 Å². The lowest BCUT2D eigenvalue weighted by atomic mass is 10.0. The van der Waals surface area contributed by atoms with Crippen LogP contribution >= 0.6 is 0 Å². The number of aryl methyl sites for hydroxylation is 3. The van der Waals surface area contributed by atoms with Crippen molar-refractivity contribution < 1.29 is 4.79 Å². The zero-order valence-electron chi connectivity index (χ0n) is 16.3. The highest BCUT2D eigenvalue weighted by molar-refractivity contribution is 5.80. The summed E-state index contributed by atoms with van der Waals surface area (Å²) in [6, 6.07) is 8.32. The number of carbonyl (C=O) groups excluding carboxylic acids is 1. The Kier molecular flexibility index (Phi) is 4.45. The number of amides is 1. The van der Waals surface area contributed by atoms with Gasteiger partial charge in [-0.2, -0.15) is 0 Å². The Labute approximate surface area is 162 Å². The summed E-state index contributed by atoms with van der Waals surface area (Å²) >= 11 is 0. The van der Waals surface area contributed by atoms with E-state index in [0.29, 0.717) is 28.6 Å². The van der Waals surface area contributed by atoms with E-state index in [1.165, 1.54) is 15.8 Å². The summed E-state index contributed by atoms with van der Waals surface area (Å²) in [5, 5.41) is 3.13. The average Bonchev–Trinajstić information content (AvgIpc) is 3.21. The van der Waals surface area contributed by atoms with Crippen LogP contribution in [0.4, 0.5) is 0 Å². The molecule has 0 radical (unpaired) electrons. The Morgan fingerprint density at radius 3 is 2.79 bits per heavy atom. The van der Waals surface area contributed by atoms with Crippen LogP contribution in [0.25, 0.3) is 11.0 Å². The first-order valence-electron chi connectivity index (χ1n) is 9.52. The van der Waals surface area contributed by atoms with Crippen LogP contribution < -0.4 is 11.1 Å². The molecule has 2 aromatic heterocycles. The van der Waals surface area contributed by atoms with Gasteiger partial charge in [-0.15, -0.1) is 0 Å². The first kappa shape index (κ1) is 18.3. The molecule has 0 saturated carbocycles. The van der Waals surface area contributed by atoms with Crippen LogP contribution in [0.15, 0.2) is 33.9 Å². The van der Waals surface area contributed by atoms with Crippen molar-refractivity contribution in [2.45, 2.75) is 38.6 Å². The highest BCUT2D eigenvalue weighted by Crippen LogP contribution is 2.35. The molecule has 2 heterocycles. The Balaban J connectivity index is 1.55. The maximum atomic E-state index is 12.8. The molecule has 0 aliphatic heterocycles. The lowest BCUT2D eigenvalue weighted by Gasteiger charge is -2.25. The van der Waals surface area contributed by atoms with Gasteiger partial charge in [-0.05, 0) is 42.9 Å². The number of hydrogen-bond acceptors (Lipinski definition) is 3. The number of carbonyl (C=O) groups is 1. The molecule has 7 nitrogen and oxygen atoms in total. The maximum absolute atomic E-state index is 12.8. The van der Waals surface area contributed by atoms with Gasteiger partial charge in [-0.1, -0.05) is 24.3 Å². The van der Waals surface area contributed by atoms with Crippen molar-refractivity contribution in [2.75, 3.05) is 7.05 Å². The Morgan fingerprint density at radius 2 is 2.00 bits per heavy atom. The molecule has 28 heavy (non-hydrogen) atoms. The number of fused-ring (bicyclic) bond motifs is 2. The molecule has 0 bridgehead atoms. The molecule has 7 heteroatoms. The summed E-state index contributed by atoms with van der Waals surface area (Å²) in [7, 11) is 3.51. The Morgan fingerprint density at radius 1 is 1.25 bits per heavy atom. The quantitative estimate of drug-likeness (QED) is 0.725. The lowest BCUT2D eigenvalue weighted by Crippen LogP contribution is -2.31. The van der Waals surface area contributed by atoms with Gasteiger partial charge in [0, 0.05) is 26.1 Å². The van der Waals surface area contributed by atoms with E-state index >= 15 is 0 Å². The minimum absolute atomic E-state index is 0.00238. The minimum atomic E-state index is -0.249. The van der Waals surface area contributed by atoms with E-state index in [0.717, 1.165) is 12.8 Å². The smallest absolute Gasteiger partial charge is 0.273 e. The summed E-state index contributed by atoms with van der Waals surface area (Å²) in [5.41, 5.74) is 3.64. The molecule has 1 amide bonds. The number of nitrogens with zero attached hydrogens (tertiary/aromatic N) is 2. The van der Waals surface area contributed by atoms with Crippen molar-refractivity contribution in [1.82, 2.24) is 19.7 Å². The van der Waals surface area contributed by atoms with Crippen LogP contribution in [-0.4, -0.2) is 32.6 Å². The van der Waals surface area contributed by atoms with Gasteiger partial charge in [0.1, 0.15) is 5.65 Å². The predicted molar refractivity (Wildman–Crippen MR) is 107 cm³/mol. The van der Waals surface area contributed by atoms with Crippen molar-refractivity contribution in [3.05, 3.63) is 67.2 Å². The molecule has 1 aromatic carbocycles. The topological polar surface area (TPSA) is 91.0 Å². The number of H-pyrrole nitrogens is 2. The summed E-state index contributed by atoms with van der Waals surface area (Å²) in [6.45, 7) is 1.77. The number of aromatic amines is 2. The standard InChI is InChI=1S/C21H24N4O3/c1-12-14(20(27)22-19-18(12)21(28)23-25(19)3)9-11-17(26)24(2)16-10-8-13-6-4-5-7-15(13)16/h4-7,16H,8-11H2,1-3H3,(H,22,27)(H,23,28). The Hall–Kier alpha value is -3.09. The fraction of sp³-hybridized carbons (Fsp3) is 0.381. The van der Waals surface area contributed by atoms with Gasteiger partial charge in [0.15, 0.2) is 0 Å². The van der Waals surface area contributed by atoms with E-state index in [-0.39, 0.29) is 29.5 Å². The molecule has 1 unspecified atom stereocenters. The largest absolute Gasteiger partial charge is 0.339 e. The van der Waals surface area contributed by atoms with Crippen molar-refractivity contribution in [1.29, 1.82) is 0 Å². The second-order valence-corrected chi connectivity index (χ2v) is 7.54. The number of hydrogen-bond donors (Lipinski definition) is 2. The maximum Gasteiger partial charge on any atom is 0.273 e.